The number of carbonyl (C=O) groups is 2. The molecule has 5 aliphatic rings. The lowest BCUT2D eigenvalue weighted by molar-refractivity contribution is -0.142. The second-order valence-corrected chi connectivity index (χ2v) is 11.8. The highest BCUT2D eigenvalue weighted by atomic mass is 16.5. The zero-order chi connectivity index (χ0) is 26.2. The van der Waals surface area contributed by atoms with Gasteiger partial charge in [-0.2, -0.15) is 0 Å². The maximum Gasteiger partial charge on any atom is 0.302 e. The van der Waals surface area contributed by atoms with Crippen molar-refractivity contribution in [1.29, 1.82) is 0 Å². The Balaban J connectivity index is 1.18. The summed E-state index contributed by atoms with van der Waals surface area (Å²) in [6, 6.07) is 5.94. The maximum absolute atomic E-state index is 13.2. The van der Waals surface area contributed by atoms with E-state index in [-0.39, 0.29) is 41.3 Å². The fourth-order valence-electron chi connectivity index (χ4n) is 8.11. The molecule has 2 bridgehead atoms. The SMILES string of the molecule is CC(=O)OC1CC1CN1CC[C@]23c4c5ccc(O)c4O[C@H]2[C@@H](N(C)C(=O)C=Cc2ccoc2)CC[C@H]3[C@H]1C5. The van der Waals surface area contributed by atoms with Crippen LogP contribution in [0.25, 0.3) is 6.08 Å². The van der Waals surface area contributed by atoms with Crippen molar-refractivity contribution >= 4 is 18.0 Å². The van der Waals surface area contributed by atoms with Crippen molar-refractivity contribution in [1.82, 2.24) is 9.80 Å². The first-order valence-electron chi connectivity index (χ1n) is 13.8. The third-order valence-electron chi connectivity index (χ3n) is 9.85. The van der Waals surface area contributed by atoms with E-state index in [2.05, 4.69) is 11.0 Å². The quantitative estimate of drug-likeness (QED) is 0.462. The Morgan fingerprint density at radius 1 is 1.29 bits per heavy atom. The van der Waals surface area contributed by atoms with E-state index in [1.807, 2.05) is 18.0 Å². The van der Waals surface area contributed by atoms with Gasteiger partial charge in [-0.25, -0.2) is 0 Å². The van der Waals surface area contributed by atoms with E-state index < -0.39 is 0 Å². The molecule has 3 aliphatic carbocycles. The molecule has 1 aromatic carbocycles. The lowest BCUT2D eigenvalue weighted by atomic mass is 9.51. The lowest BCUT2D eigenvalue weighted by Crippen LogP contribution is -2.69. The van der Waals surface area contributed by atoms with E-state index in [4.69, 9.17) is 13.9 Å². The molecular weight excluding hydrogens is 484 g/mol. The Morgan fingerprint density at radius 3 is 2.95 bits per heavy atom. The fourth-order valence-corrected chi connectivity index (χ4v) is 8.11. The molecule has 1 spiro atoms. The lowest BCUT2D eigenvalue weighted by Gasteiger charge is -2.60. The Bertz CT molecular complexity index is 1300. The number of hydrogen-bond acceptors (Lipinski definition) is 7. The first kappa shape index (κ1) is 23.8. The molecule has 1 saturated heterocycles. The number of hydrogen-bond donors (Lipinski definition) is 1. The summed E-state index contributed by atoms with van der Waals surface area (Å²) in [6.45, 7) is 3.37. The number of phenolic OH excluding ortho intramolecular Hbond substituents is 1. The van der Waals surface area contributed by atoms with Gasteiger partial charge in [-0.3, -0.25) is 14.5 Å². The largest absolute Gasteiger partial charge is 0.504 e. The van der Waals surface area contributed by atoms with E-state index in [1.54, 1.807) is 30.7 Å². The van der Waals surface area contributed by atoms with Gasteiger partial charge in [-0.15, -0.1) is 0 Å². The Hall–Kier alpha value is -3.26. The monoisotopic (exact) mass is 518 g/mol. The number of likely N-dealkylation sites (N-methyl/N-ethyl adjacent to an activating group) is 1. The van der Waals surface area contributed by atoms with E-state index in [9.17, 15) is 14.7 Å². The number of rotatable bonds is 6. The number of amides is 1. The Labute approximate surface area is 222 Å². The van der Waals surface area contributed by atoms with Gasteiger partial charge >= 0.3 is 5.97 Å². The van der Waals surface area contributed by atoms with Gasteiger partial charge in [0.15, 0.2) is 11.5 Å². The van der Waals surface area contributed by atoms with Crippen molar-refractivity contribution in [2.75, 3.05) is 20.1 Å². The first-order chi connectivity index (χ1) is 18.4. The Kier molecular flexibility index (Phi) is 5.41. The molecule has 1 amide bonds. The van der Waals surface area contributed by atoms with Gasteiger partial charge in [0.1, 0.15) is 12.2 Å². The topological polar surface area (TPSA) is 92.5 Å². The summed E-state index contributed by atoms with van der Waals surface area (Å²) >= 11 is 0. The van der Waals surface area contributed by atoms with Crippen LogP contribution in [0.15, 0.2) is 41.2 Å². The summed E-state index contributed by atoms with van der Waals surface area (Å²) in [4.78, 5) is 29.1. The third kappa shape index (κ3) is 3.52. The number of carbonyl (C=O) groups excluding carboxylic acids is 2. The molecule has 0 radical (unpaired) electrons. The highest BCUT2D eigenvalue weighted by Gasteiger charge is 2.66. The number of phenols is 1. The summed E-state index contributed by atoms with van der Waals surface area (Å²) in [6.07, 6.45) is 11.1. The zero-order valence-corrected chi connectivity index (χ0v) is 21.8. The van der Waals surface area contributed by atoms with E-state index in [1.165, 1.54) is 18.1 Å². The molecule has 1 N–H and O–H groups in total. The van der Waals surface area contributed by atoms with Crippen molar-refractivity contribution in [3.8, 4) is 11.5 Å². The molecule has 3 fully saturated rings. The molecule has 8 nitrogen and oxygen atoms in total. The molecule has 2 unspecified atom stereocenters. The van der Waals surface area contributed by atoms with Crippen LogP contribution in [0.2, 0.25) is 0 Å². The molecule has 2 aromatic rings. The fraction of sp³-hybridized carbons (Fsp3) is 0.533. The number of piperidine rings is 1. The number of likely N-dealkylation sites (tertiary alicyclic amines) is 1. The van der Waals surface area contributed by atoms with Crippen molar-refractivity contribution in [2.45, 2.75) is 68.7 Å². The normalized spacial score (nSPS) is 34.5. The Morgan fingerprint density at radius 2 is 2.16 bits per heavy atom. The van der Waals surface area contributed by atoms with Crippen molar-refractivity contribution < 1.29 is 28.6 Å². The van der Waals surface area contributed by atoms with E-state index in [0.717, 1.165) is 50.8 Å². The smallest absolute Gasteiger partial charge is 0.302 e. The summed E-state index contributed by atoms with van der Waals surface area (Å²) in [5.41, 5.74) is 3.08. The molecule has 7 rings (SSSR count). The van der Waals surface area contributed by atoms with Crippen molar-refractivity contribution in [3.63, 3.8) is 0 Å². The van der Waals surface area contributed by atoms with Crippen LogP contribution >= 0.6 is 0 Å². The second-order valence-electron chi connectivity index (χ2n) is 11.8. The van der Waals surface area contributed by atoms with Crippen LogP contribution in [-0.4, -0.2) is 71.2 Å². The minimum atomic E-state index is -0.215. The van der Waals surface area contributed by atoms with E-state index >= 15 is 0 Å². The van der Waals surface area contributed by atoms with Gasteiger partial charge in [0.25, 0.3) is 0 Å². The summed E-state index contributed by atoms with van der Waals surface area (Å²) in [7, 11) is 1.87. The average Bonchev–Trinajstić information content (AvgIpc) is 3.27. The van der Waals surface area contributed by atoms with Crippen LogP contribution in [0.5, 0.6) is 11.5 Å². The van der Waals surface area contributed by atoms with Crippen molar-refractivity contribution in [3.05, 3.63) is 53.5 Å². The number of esters is 1. The number of benzene rings is 1. The second kappa shape index (κ2) is 8.63. The molecule has 1 aromatic heterocycles. The average molecular weight is 519 g/mol. The van der Waals surface area contributed by atoms with E-state index in [0.29, 0.717) is 23.6 Å². The minimum Gasteiger partial charge on any atom is -0.504 e. The van der Waals surface area contributed by atoms with Gasteiger partial charge in [0.2, 0.25) is 5.91 Å². The third-order valence-corrected chi connectivity index (χ3v) is 9.85. The summed E-state index contributed by atoms with van der Waals surface area (Å²) in [5, 5.41) is 10.8. The van der Waals surface area contributed by atoms with Crippen LogP contribution < -0.4 is 4.74 Å². The molecule has 2 aliphatic heterocycles. The molecule has 38 heavy (non-hydrogen) atoms. The summed E-state index contributed by atoms with van der Waals surface area (Å²) in [5.74, 6) is 1.36. The van der Waals surface area contributed by atoms with Crippen LogP contribution in [0.1, 0.15) is 49.3 Å². The number of furan rings is 1. The molecular formula is C30H34N2O6. The van der Waals surface area contributed by atoms with Gasteiger partial charge in [-0.1, -0.05) is 6.07 Å². The number of aromatic hydroxyl groups is 1. The van der Waals surface area contributed by atoms with Crippen LogP contribution in [0.3, 0.4) is 0 Å². The van der Waals surface area contributed by atoms with Gasteiger partial charge in [0, 0.05) is 55.1 Å². The van der Waals surface area contributed by atoms with Crippen molar-refractivity contribution in [2.24, 2.45) is 11.8 Å². The highest BCUT2D eigenvalue weighted by Crippen LogP contribution is 2.64. The van der Waals surface area contributed by atoms with Crippen LogP contribution in [-0.2, 0) is 26.2 Å². The molecule has 3 heterocycles. The highest BCUT2D eigenvalue weighted by molar-refractivity contribution is 5.91. The standard InChI is InChI=1S/C30H34N2O6/c1-17(33)37-25-14-20(25)15-32-11-10-30-21-5-6-22(31(2)26(35)8-3-18-9-12-36-16-18)29(30)38-28-24(34)7-4-19(27(28)30)13-23(21)32/h3-4,7-9,12,16,20-23,25,29,34H,5-6,10-11,13-15H2,1-2H3/t20?,21-,22-,23+,25?,29-,30-/m0/s1. The zero-order valence-electron chi connectivity index (χ0n) is 21.8. The number of ether oxygens (including phenoxy) is 2. The molecule has 2 saturated carbocycles. The maximum atomic E-state index is 13.2. The predicted octanol–water partition coefficient (Wildman–Crippen LogP) is 3.52. The minimum absolute atomic E-state index is 0.0517. The molecule has 7 atom stereocenters. The summed E-state index contributed by atoms with van der Waals surface area (Å²) < 4.78 is 17.3. The van der Waals surface area contributed by atoms with Gasteiger partial charge < -0.3 is 23.9 Å². The van der Waals surface area contributed by atoms with Crippen LogP contribution in [0.4, 0.5) is 0 Å². The van der Waals surface area contributed by atoms with Crippen LogP contribution in [0, 0.1) is 11.8 Å². The molecule has 8 heteroatoms. The predicted molar refractivity (Wildman–Crippen MR) is 139 cm³/mol. The number of nitrogens with zero attached hydrogens (tertiary/aromatic N) is 2. The van der Waals surface area contributed by atoms with Gasteiger partial charge in [0.05, 0.1) is 18.6 Å². The first-order valence-corrected chi connectivity index (χ1v) is 13.8. The van der Waals surface area contributed by atoms with Gasteiger partial charge in [-0.05, 0) is 68.3 Å². The molecule has 200 valence electrons.